The lowest BCUT2D eigenvalue weighted by molar-refractivity contribution is -0.140. The van der Waals surface area contributed by atoms with Gasteiger partial charge in [-0.2, -0.15) is 0 Å². The molecule has 0 radical (unpaired) electrons. The van der Waals surface area contributed by atoms with Crippen LogP contribution in [0.4, 0.5) is 4.39 Å². The molecular formula is C10H12FNO4S. The van der Waals surface area contributed by atoms with Gasteiger partial charge in [-0.15, -0.1) is 0 Å². The first-order valence-electron chi connectivity index (χ1n) is 4.81. The molecule has 7 heteroatoms. The minimum Gasteiger partial charge on any atom is -0.481 e. The molecule has 1 unspecified atom stereocenters. The number of sulfonamides is 1. The second-order valence-electron chi connectivity index (χ2n) is 3.52. The second-order valence-corrected chi connectivity index (χ2v) is 5.26. The van der Waals surface area contributed by atoms with Gasteiger partial charge in [-0.25, -0.2) is 17.5 Å². The van der Waals surface area contributed by atoms with Crippen molar-refractivity contribution >= 4 is 16.0 Å². The maximum atomic E-state index is 13.2. The van der Waals surface area contributed by atoms with Crippen LogP contribution >= 0.6 is 0 Å². The largest absolute Gasteiger partial charge is 0.481 e. The van der Waals surface area contributed by atoms with Crippen molar-refractivity contribution in [1.82, 2.24) is 4.72 Å². The monoisotopic (exact) mass is 261 g/mol. The van der Waals surface area contributed by atoms with E-state index < -0.39 is 32.6 Å². The summed E-state index contributed by atoms with van der Waals surface area (Å²) in [5.41, 5.74) is 0. The van der Waals surface area contributed by atoms with Crippen LogP contribution in [0.2, 0.25) is 0 Å². The van der Waals surface area contributed by atoms with Crippen molar-refractivity contribution in [2.24, 2.45) is 5.92 Å². The number of hydrogen-bond donors (Lipinski definition) is 2. The van der Waals surface area contributed by atoms with Crippen LogP contribution in [-0.2, 0) is 14.8 Å². The summed E-state index contributed by atoms with van der Waals surface area (Å²) >= 11 is 0. The van der Waals surface area contributed by atoms with Crippen molar-refractivity contribution in [2.45, 2.75) is 11.8 Å². The predicted octanol–water partition coefficient (Wildman–Crippen LogP) is 0.825. The van der Waals surface area contributed by atoms with Crippen molar-refractivity contribution in [2.75, 3.05) is 6.54 Å². The Balaban J connectivity index is 2.84. The predicted molar refractivity (Wildman–Crippen MR) is 58.4 cm³/mol. The quantitative estimate of drug-likeness (QED) is 0.822. The topological polar surface area (TPSA) is 83.5 Å². The second kappa shape index (κ2) is 5.24. The SMILES string of the molecule is CC(CNS(=O)(=O)c1ccccc1F)C(=O)O. The first kappa shape index (κ1) is 13.6. The van der Waals surface area contributed by atoms with E-state index in [1.54, 1.807) is 0 Å². The Morgan fingerprint density at radius 2 is 2.06 bits per heavy atom. The third-order valence-corrected chi connectivity index (χ3v) is 3.58. The summed E-state index contributed by atoms with van der Waals surface area (Å²) in [6, 6.07) is 4.89. The lowest BCUT2D eigenvalue weighted by Crippen LogP contribution is -2.32. The van der Waals surface area contributed by atoms with Crippen LogP contribution in [0.15, 0.2) is 29.2 Å². The summed E-state index contributed by atoms with van der Waals surface area (Å²) in [5.74, 6) is -2.87. The Morgan fingerprint density at radius 1 is 1.47 bits per heavy atom. The molecule has 1 aromatic carbocycles. The number of aliphatic carboxylic acids is 1. The number of carboxylic acid groups (broad SMARTS) is 1. The highest BCUT2D eigenvalue weighted by Gasteiger charge is 2.20. The molecule has 0 heterocycles. The highest BCUT2D eigenvalue weighted by atomic mass is 32.2. The summed E-state index contributed by atoms with van der Waals surface area (Å²) in [6.45, 7) is 1.07. The number of carboxylic acids is 1. The van der Waals surface area contributed by atoms with Gasteiger partial charge in [0, 0.05) is 6.54 Å². The number of hydrogen-bond acceptors (Lipinski definition) is 3. The standard InChI is InChI=1S/C10H12FNO4S/c1-7(10(13)14)6-12-17(15,16)9-5-3-2-4-8(9)11/h2-5,7,12H,6H2,1H3,(H,13,14). The molecule has 0 spiro atoms. The Labute approximate surface area is 98.3 Å². The van der Waals surface area contributed by atoms with E-state index in [2.05, 4.69) is 0 Å². The summed E-state index contributed by atoms with van der Waals surface area (Å²) < 4.78 is 38.6. The van der Waals surface area contributed by atoms with Crippen LogP contribution in [0.25, 0.3) is 0 Å². The molecule has 1 rings (SSSR count). The van der Waals surface area contributed by atoms with Crippen LogP contribution in [0.3, 0.4) is 0 Å². The molecular weight excluding hydrogens is 249 g/mol. The zero-order chi connectivity index (χ0) is 13.1. The average molecular weight is 261 g/mol. The van der Waals surface area contributed by atoms with Gasteiger partial charge in [0.05, 0.1) is 5.92 Å². The van der Waals surface area contributed by atoms with E-state index in [-0.39, 0.29) is 6.54 Å². The molecule has 0 aromatic heterocycles. The van der Waals surface area contributed by atoms with Gasteiger partial charge >= 0.3 is 5.97 Å². The van der Waals surface area contributed by atoms with Gasteiger partial charge in [0.2, 0.25) is 10.0 Å². The molecule has 0 aliphatic heterocycles. The minimum atomic E-state index is -4.01. The summed E-state index contributed by atoms with van der Waals surface area (Å²) in [4.78, 5) is 10.0. The number of carbonyl (C=O) groups is 1. The number of nitrogens with one attached hydrogen (secondary N) is 1. The molecule has 0 fully saturated rings. The zero-order valence-corrected chi connectivity index (χ0v) is 9.87. The first-order valence-corrected chi connectivity index (χ1v) is 6.30. The van der Waals surface area contributed by atoms with Crippen LogP contribution in [0.1, 0.15) is 6.92 Å². The third kappa shape index (κ3) is 3.50. The van der Waals surface area contributed by atoms with Crippen molar-refractivity contribution in [3.05, 3.63) is 30.1 Å². The lowest BCUT2D eigenvalue weighted by atomic mass is 10.2. The minimum absolute atomic E-state index is 0.286. The molecule has 0 amide bonds. The molecule has 0 bridgehead atoms. The molecule has 0 saturated carbocycles. The van der Waals surface area contributed by atoms with Crippen LogP contribution in [0, 0.1) is 11.7 Å². The smallest absolute Gasteiger partial charge is 0.307 e. The Hall–Kier alpha value is -1.47. The van der Waals surface area contributed by atoms with Gasteiger partial charge in [0.25, 0.3) is 0 Å². The van der Waals surface area contributed by atoms with Crippen molar-refractivity contribution in [3.8, 4) is 0 Å². The molecule has 0 saturated heterocycles. The lowest BCUT2D eigenvalue weighted by Gasteiger charge is -2.09. The fourth-order valence-electron chi connectivity index (χ4n) is 1.06. The van der Waals surface area contributed by atoms with E-state index in [0.717, 1.165) is 12.1 Å². The number of benzene rings is 1. The first-order chi connectivity index (χ1) is 7.84. The molecule has 0 aliphatic carbocycles. The zero-order valence-electron chi connectivity index (χ0n) is 9.05. The summed E-state index contributed by atoms with van der Waals surface area (Å²) in [5, 5.41) is 8.60. The molecule has 94 valence electrons. The van der Waals surface area contributed by atoms with Gasteiger partial charge in [-0.05, 0) is 12.1 Å². The van der Waals surface area contributed by atoms with Gasteiger partial charge in [0.15, 0.2) is 0 Å². The van der Waals surface area contributed by atoms with Gasteiger partial charge < -0.3 is 5.11 Å². The van der Waals surface area contributed by atoms with Gasteiger partial charge in [-0.3, -0.25) is 4.79 Å². The van der Waals surface area contributed by atoms with E-state index in [9.17, 15) is 17.6 Å². The highest BCUT2D eigenvalue weighted by molar-refractivity contribution is 7.89. The van der Waals surface area contributed by atoms with Crippen molar-refractivity contribution < 1.29 is 22.7 Å². The maximum absolute atomic E-state index is 13.2. The van der Waals surface area contributed by atoms with E-state index in [1.165, 1.54) is 19.1 Å². The molecule has 1 atom stereocenters. The normalized spacial score (nSPS) is 13.3. The molecule has 0 aliphatic rings. The van der Waals surface area contributed by atoms with Gasteiger partial charge in [0.1, 0.15) is 10.7 Å². The van der Waals surface area contributed by atoms with Crippen LogP contribution in [0.5, 0.6) is 0 Å². The van der Waals surface area contributed by atoms with Gasteiger partial charge in [-0.1, -0.05) is 19.1 Å². The fourth-order valence-corrected chi connectivity index (χ4v) is 2.27. The van der Waals surface area contributed by atoms with Crippen LogP contribution in [-0.4, -0.2) is 26.0 Å². The van der Waals surface area contributed by atoms with E-state index in [1.807, 2.05) is 4.72 Å². The van der Waals surface area contributed by atoms with Crippen molar-refractivity contribution in [1.29, 1.82) is 0 Å². The van der Waals surface area contributed by atoms with Crippen molar-refractivity contribution in [3.63, 3.8) is 0 Å². The summed E-state index contributed by atoms with van der Waals surface area (Å²) in [7, 11) is -4.01. The Bertz CT molecular complexity index is 515. The Kier molecular flexibility index (Phi) is 4.19. The van der Waals surface area contributed by atoms with E-state index >= 15 is 0 Å². The molecule has 17 heavy (non-hydrogen) atoms. The van der Waals surface area contributed by atoms with Crippen LogP contribution < -0.4 is 4.72 Å². The van der Waals surface area contributed by atoms with E-state index in [0.29, 0.717) is 0 Å². The highest BCUT2D eigenvalue weighted by Crippen LogP contribution is 2.13. The molecule has 2 N–H and O–H groups in total. The molecule has 5 nitrogen and oxygen atoms in total. The molecule has 1 aromatic rings. The number of rotatable bonds is 5. The summed E-state index contributed by atoms with van der Waals surface area (Å²) in [6.07, 6.45) is 0. The fraction of sp³-hybridized carbons (Fsp3) is 0.300. The van der Waals surface area contributed by atoms with E-state index in [4.69, 9.17) is 5.11 Å². The average Bonchev–Trinajstić information content (AvgIpc) is 2.26. The maximum Gasteiger partial charge on any atom is 0.307 e. The third-order valence-electron chi connectivity index (χ3n) is 2.13. The Morgan fingerprint density at radius 3 is 2.59 bits per heavy atom. The number of halogens is 1.